The fraction of sp³-hybridized carbons (Fsp3) is 0.381. The van der Waals surface area contributed by atoms with Gasteiger partial charge in [0, 0.05) is 50.1 Å². The van der Waals surface area contributed by atoms with Crippen molar-refractivity contribution < 1.29 is 9.59 Å². The van der Waals surface area contributed by atoms with Gasteiger partial charge in [0.1, 0.15) is 0 Å². The average molecular weight is 349 g/mol. The lowest BCUT2D eigenvalue weighted by Gasteiger charge is -2.23. The summed E-state index contributed by atoms with van der Waals surface area (Å²) in [6.45, 7) is 2.02. The summed E-state index contributed by atoms with van der Waals surface area (Å²) in [5, 5.41) is 0. The highest BCUT2D eigenvalue weighted by Gasteiger charge is 2.33. The van der Waals surface area contributed by atoms with E-state index in [9.17, 15) is 9.59 Å². The zero-order valence-corrected chi connectivity index (χ0v) is 14.8. The number of carbonyl (C=O) groups excluding carboxylic acids is 2. The molecular formula is C21H23N3O2. The first-order chi connectivity index (χ1) is 12.7. The normalized spacial score (nSPS) is 16.8. The molecule has 1 saturated carbocycles. The first-order valence-electron chi connectivity index (χ1n) is 9.27. The van der Waals surface area contributed by atoms with E-state index in [0.717, 1.165) is 36.9 Å². The van der Waals surface area contributed by atoms with Crippen molar-refractivity contribution in [1.82, 2.24) is 14.8 Å². The summed E-state index contributed by atoms with van der Waals surface area (Å²) >= 11 is 0. The lowest BCUT2D eigenvalue weighted by Crippen LogP contribution is -2.32. The maximum Gasteiger partial charge on any atom is 0.254 e. The zero-order chi connectivity index (χ0) is 17.9. The molecule has 2 amide bonds. The van der Waals surface area contributed by atoms with Gasteiger partial charge in [-0.05, 0) is 54.7 Å². The van der Waals surface area contributed by atoms with Crippen LogP contribution in [0.25, 0.3) is 0 Å². The predicted molar refractivity (Wildman–Crippen MR) is 98.2 cm³/mol. The Kier molecular flexibility index (Phi) is 4.69. The van der Waals surface area contributed by atoms with E-state index in [1.54, 1.807) is 12.4 Å². The SMILES string of the molecule is O=C1CCCN1Cc1cccc(C(=O)N(Cc2ccncc2)C2CC2)c1. The lowest BCUT2D eigenvalue weighted by atomic mass is 10.1. The van der Waals surface area contributed by atoms with E-state index in [0.29, 0.717) is 31.1 Å². The Labute approximate surface area is 153 Å². The molecule has 1 aromatic carbocycles. The number of hydrogen-bond donors (Lipinski definition) is 0. The summed E-state index contributed by atoms with van der Waals surface area (Å²) in [5.74, 6) is 0.276. The van der Waals surface area contributed by atoms with Gasteiger partial charge in [-0.1, -0.05) is 12.1 Å². The molecule has 5 nitrogen and oxygen atoms in total. The Morgan fingerprint density at radius 3 is 2.65 bits per heavy atom. The van der Waals surface area contributed by atoms with Gasteiger partial charge >= 0.3 is 0 Å². The summed E-state index contributed by atoms with van der Waals surface area (Å²) in [7, 11) is 0. The molecule has 1 saturated heterocycles. The largest absolute Gasteiger partial charge is 0.338 e. The van der Waals surface area contributed by atoms with Gasteiger partial charge in [-0.25, -0.2) is 0 Å². The molecule has 0 spiro atoms. The van der Waals surface area contributed by atoms with E-state index in [1.165, 1.54) is 0 Å². The van der Waals surface area contributed by atoms with E-state index in [-0.39, 0.29) is 11.8 Å². The molecule has 0 N–H and O–H groups in total. The molecule has 26 heavy (non-hydrogen) atoms. The van der Waals surface area contributed by atoms with Crippen LogP contribution in [0, 0.1) is 0 Å². The topological polar surface area (TPSA) is 53.5 Å². The summed E-state index contributed by atoms with van der Waals surface area (Å²) in [6, 6.07) is 12.0. The summed E-state index contributed by atoms with van der Waals surface area (Å²) in [6.07, 6.45) is 7.23. The Bertz CT molecular complexity index is 802. The van der Waals surface area contributed by atoms with Crippen molar-refractivity contribution in [2.45, 2.75) is 44.8 Å². The van der Waals surface area contributed by atoms with Gasteiger partial charge in [-0.2, -0.15) is 0 Å². The Balaban J connectivity index is 1.50. The van der Waals surface area contributed by atoms with E-state index in [1.807, 2.05) is 46.2 Å². The lowest BCUT2D eigenvalue weighted by molar-refractivity contribution is -0.128. The first kappa shape index (κ1) is 16.8. The number of benzene rings is 1. The van der Waals surface area contributed by atoms with Crippen LogP contribution in [-0.4, -0.2) is 39.2 Å². The molecule has 2 heterocycles. The molecule has 1 aliphatic heterocycles. The highest BCUT2D eigenvalue weighted by molar-refractivity contribution is 5.94. The third-order valence-electron chi connectivity index (χ3n) is 5.07. The monoisotopic (exact) mass is 349 g/mol. The van der Waals surface area contributed by atoms with Gasteiger partial charge in [0.05, 0.1) is 0 Å². The second-order valence-electron chi connectivity index (χ2n) is 7.14. The molecule has 134 valence electrons. The molecule has 1 aliphatic carbocycles. The van der Waals surface area contributed by atoms with Crippen LogP contribution in [0.4, 0.5) is 0 Å². The van der Waals surface area contributed by atoms with Crippen LogP contribution in [0.2, 0.25) is 0 Å². The highest BCUT2D eigenvalue weighted by atomic mass is 16.2. The number of amides is 2. The number of nitrogens with zero attached hydrogens (tertiary/aromatic N) is 3. The molecule has 5 heteroatoms. The first-order valence-corrected chi connectivity index (χ1v) is 9.27. The molecule has 2 aromatic rings. The van der Waals surface area contributed by atoms with Crippen LogP contribution >= 0.6 is 0 Å². The third-order valence-corrected chi connectivity index (χ3v) is 5.07. The maximum atomic E-state index is 13.1. The minimum absolute atomic E-state index is 0.0684. The minimum atomic E-state index is 0.0684. The van der Waals surface area contributed by atoms with Crippen molar-refractivity contribution in [1.29, 1.82) is 0 Å². The molecule has 2 fully saturated rings. The van der Waals surface area contributed by atoms with Crippen LogP contribution < -0.4 is 0 Å². The number of rotatable bonds is 6. The third kappa shape index (κ3) is 3.77. The van der Waals surface area contributed by atoms with Gasteiger partial charge in [0.2, 0.25) is 5.91 Å². The minimum Gasteiger partial charge on any atom is -0.338 e. The number of likely N-dealkylation sites (tertiary alicyclic amines) is 1. The summed E-state index contributed by atoms with van der Waals surface area (Å²) in [4.78, 5) is 32.9. The van der Waals surface area contributed by atoms with Gasteiger partial charge < -0.3 is 9.80 Å². The van der Waals surface area contributed by atoms with Crippen molar-refractivity contribution in [2.24, 2.45) is 0 Å². The van der Waals surface area contributed by atoms with Gasteiger partial charge in [0.15, 0.2) is 0 Å². The predicted octanol–water partition coefficient (Wildman–Crippen LogP) is 3.01. The quantitative estimate of drug-likeness (QED) is 0.805. The van der Waals surface area contributed by atoms with Crippen LogP contribution in [0.1, 0.15) is 47.2 Å². The second-order valence-corrected chi connectivity index (χ2v) is 7.14. The van der Waals surface area contributed by atoms with E-state index in [4.69, 9.17) is 0 Å². The Hall–Kier alpha value is -2.69. The van der Waals surface area contributed by atoms with Crippen molar-refractivity contribution in [3.8, 4) is 0 Å². The van der Waals surface area contributed by atoms with Crippen LogP contribution in [0.15, 0.2) is 48.8 Å². The summed E-state index contributed by atoms with van der Waals surface area (Å²) < 4.78 is 0. The molecule has 0 atom stereocenters. The van der Waals surface area contributed by atoms with E-state index in [2.05, 4.69) is 4.98 Å². The highest BCUT2D eigenvalue weighted by Crippen LogP contribution is 2.30. The second kappa shape index (κ2) is 7.28. The Morgan fingerprint density at radius 1 is 1.15 bits per heavy atom. The van der Waals surface area contributed by atoms with Crippen molar-refractivity contribution in [2.75, 3.05) is 6.54 Å². The average Bonchev–Trinajstić information content (AvgIpc) is 3.44. The maximum absolute atomic E-state index is 13.1. The van der Waals surface area contributed by atoms with Crippen LogP contribution in [0.5, 0.6) is 0 Å². The number of pyridine rings is 1. The van der Waals surface area contributed by atoms with Crippen molar-refractivity contribution >= 4 is 11.8 Å². The molecule has 4 rings (SSSR count). The van der Waals surface area contributed by atoms with Crippen LogP contribution in [-0.2, 0) is 17.9 Å². The van der Waals surface area contributed by atoms with Crippen molar-refractivity contribution in [3.63, 3.8) is 0 Å². The van der Waals surface area contributed by atoms with Gasteiger partial charge in [-0.15, -0.1) is 0 Å². The number of hydrogen-bond acceptors (Lipinski definition) is 3. The molecule has 0 unspecified atom stereocenters. The van der Waals surface area contributed by atoms with Gasteiger partial charge in [0.25, 0.3) is 5.91 Å². The smallest absolute Gasteiger partial charge is 0.254 e. The fourth-order valence-electron chi connectivity index (χ4n) is 3.50. The molecule has 1 aromatic heterocycles. The van der Waals surface area contributed by atoms with Crippen molar-refractivity contribution in [3.05, 3.63) is 65.5 Å². The van der Waals surface area contributed by atoms with E-state index < -0.39 is 0 Å². The molecule has 0 radical (unpaired) electrons. The van der Waals surface area contributed by atoms with Gasteiger partial charge in [-0.3, -0.25) is 14.6 Å². The standard InChI is InChI=1S/C21H23N3O2/c25-20-5-2-12-23(20)14-17-3-1-4-18(13-17)21(26)24(19-6-7-19)15-16-8-10-22-11-9-16/h1,3-4,8-11,13,19H,2,5-7,12,14-15H2. The number of aromatic nitrogens is 1. The molecular weight excluding hydrogens is 326 g/mol. The molecule has 0 bridgehead atoms. The fourth-order valence-corrected chi connectivity index (χ4v) is 3.50. The molecule has 2 aliphatic rings. The zero-order valence-electron chi connectivity index (χ0n) is 14.8. The van der Waals surface area contributed by atoms with Crippen LogP contribution in [0.3, 0.4) is 0 Å². The summed E-state index contributed by atoms with van der Waals surface area (Å²) in [5.41, 5.74) is 2.82. The Morgan fingerprint density at radius 2 is 1.96 bits per heavy atom. The van der Waals surface area contributed by atoms with E-state index >= 15 is 0 Å². The number of carbonyl (C=O) groups is 2.